The average Bonchev–Trinajstić information content (AvgIpc) is 2.30. The van der Waals surface area contributed by atoms with Gasteiger partial charge in [-0.25, -0.2) is 4.98 Å². The van der Waals surface area contributed by atoms with Gasteiger partial charge in [0.25, 0.3) is 5.69 Å². The number of rotatable bonds is 2. The molecular weight excluding hydrogens is 206 g/mol. The van der Waals surface area contributed by atoms with Crippen molar-refractivity contribution in [2.45, 2.75) is 0 Å². The number of aromatic nitrogens is 1. The maximum atomic E-state index is 10.6. The van der Waals surface area contributed by atoms with Crippen molar-refractivity contribution in [3.05, 3.63) is 52.7 Å². The van der Waals surface area contributed by atoms with Crippen molar-refractivity contribution in [3.63, 3.8) is 0 Å². The van der Waals surface area contributed by atoms with Crippen molar-refractivity contribution in [1.29, 1.82) is 0 Å². The van der Waals surface area contributed by atoms with E-state index in [1.807, 2.05) is 0 Å². The Bertz CT molecular complexity index is 523. The van der Waals surface area contributed by atoms with Gasteiger partial charge in [-0.1, -0.05) is 12.1 Å². The Balaban J connectivity index is 2.44. The highest BCUT2D eigenvalue weighted by molar-refractivity contribution is 5.66. The summed E-state index contributed by atoms with van der Waals surface area (Å²) in [4.78, 5) is 14.1. The molecule has 0 amide bonds. The first kappa shape index (κ1) is 10.1. The smallest absolute Gasteiger partial charge is 0.270 e. The van der Waals surface area contributed by atoms with Crippen LogP contribution in [0, 0.1) is 10.1 Å². The van der Waals surface area contributed by atoms with Gasteiger partial charge in [0.1, 0.15) is 5.82 Å². The van der Waals surface area contributed by atoms with Crippen LogP contribution in [-0.2, 0) is 0 Å². The molecule has 5 nitrogen and oxygen atoms in total. The first-order valence-electron chi connectivity index (χ1n) is 4.63. The Morgan fingerprint density at radius 3 is 2.62 bits per heavy atom. The van der Waals surface area contributed by atoms with Gasteiger partial charge < -0.3 is 5.73 Å². The average molecular weight is 215 g/mol. The molecule has 5 heteroatoms. The van der Waals surface area contributed by atoms with Crippen LogP contribution in [0.3, 0.4) is 0 Å². The second-order valence-corrected chi connectivity index (χ2v) is 3.28. The number of non-ortho nitro benzene ring substituents is 1. The molecule has 2 aromatic rings. The Labute approximate surface area is 91.7 Å². The molecule has 0 aliphatic rings. The predicted octanol–water partition coefficient (Wildman–Crippen LogP) is 2.24. The highest BCUT2D eigenvalue weighted by Crippen LogP contribution is 2.23. The van der Waals surface area contributed by atoms with E-state index in [0.717, 1.165) is 11.1 Å². The SMILES string of the molecule is Nc1ccc(-c2cccc([N+](=O)[O-])c2)cn1. The van der Waals surface area contributed by atoms with Gasteiger partial charge in [-0.15, -0.1) is 0 Å². The van der Waals surface area contributed by atoms with Crippen LogP contribution < -0.4 is 5.73 Å². The number of pyridine rings is 1. The fourth-order valence-electron chi connectivity index (χ4n) is 1.38. The summed E-state index contributed by atoms with van der Waals surface area (Å²) in [5.74, 6) is 0.425. The lowest BCUT2D eigenvalue weighted by atomic mass is 10.1. The van der Waals surface area contributed by atoms with Gasteiger partial charge in [0.05, 0.1) is 4.92 Å². The lowest BCUT2D eigenvalue weighted by Gasteiger charge is -2.01. The van der Waals surface area contributed by atoms with E-state index in [0.29, 0.717) is 5.82 Å². The molecule has 0 aliphatic heterocycles. The maximum Gasteiger partial charge on any atom is 0.270 e. The summed E-state index contributed by atoms with van der Waals surface area (Å²) in [6.07, 6.45) is 1.59. The zero-order valence-corrected chi connectivity index (χ0v) is 8.33. The first-order valence-corrected chi connectivity index (χ1v) is 4.63. The van der Waals surface area contributed by atoms with Gasteiger partial charge in [-0.3, -0.25) is 10.1 Å². The molecule has 0 atom stereocenters. The van der Waals surface area contributed by atoms with E-state index in [2.05, 4.69) is 4.98 Å². The molecule has 0 bridgehead atoms. The lowest BCUT2D eigenvalue weighted by Crippen LogP contribution is -1.90. The summed E-state index contributed by atoms with van der Waals surface area (Å²) in [5, 5.41) is 10.6. The van der Waals surface area contributed by atoms with Gasteiger partial charge >= 0.3 is 0 Å². The molecule has 0 aliphatic carbocycles. The fourth-order valence-corrected chi connectivity index (χ4v) is 1.38. The Hall–Kier alpha value is -2.43. The molecule has 80 valence electrons. The third-order valence-corrected chi connectivity index (χ3v) is 2.18. The largest absolute Gasteiger partial charge is 0.384 e. The van der Waals surface area contributed by atoms with E-state index in [1.54, 1.807) is 30.5 Å². The number of hydrogen-bond acceptors (Lipinski definition) is 4. The van der Waals surface area contributed by atoms with Crippen LogP contribution >= 0.6 is 0 Å². The van der Waals surface area contributed by atoms with E-state index >= 15 is 0 Å². The molecule has 1 aromatic carbocycles. The molecule has 0 fully saturated rings. The maximum absolute atomic E-state index is 10.6. The van der Waals surface area contributed by atoms with Crippen LogP contribution in [-0.4, -0.2) is 9.91 Å². The molecule has 0 saturated heterocycles. The van der Waals surface area contributed by atoms with Crippen molar-refractivity contribution in [2.75, 3.05) is 5.73 Å². The summed E-state index contributed by atoms with van der Waals surface area (Å²) >= 11 is 0. The molecular formula is C11H9N3O2. The van der Waals surface area contributed by atoms with Gasteiger partial charge in [0, 0.05) is 23.9 Å². The zero-order valence-electron chi connectivity index (χ0n) is 8.33. The first-order chi connectivity index (χ1) is 7.66. The summed E-state index contributed by atoms with van der Waals surface area (Å²) in [7, 11) is 0. The summed E-state index contributed by atoms with van der Waals surface area (Å²) in [6.45, 7) is 0. The third kappa shape index (κ3) is 1.98. The molecule has 16 heavy (non-hydrogen) atoms. The molecule has 1 heterocycles. The summed E-state index contributed by atoms with van der Waals surface area (Å²) < 4.78 is 0. The van der Waals surface area contributed by atoms with Gasteiger partial charge in [-0.2, -0.15) is 0 Å². The third-order valence-electron chi connectivity index (χ3n) is 2.18. The highest BCUT2D eigenvalue weighted by Gasteiger charge is 2.06. The predicted molar refractivity (Wildman–Crippen MR) is 60.7 cm³/mol. The zero-order chi connectivity index (χ0) is 11.5. The molecule has 1 aromatic heterocycles. The van der Waals surface area contributed by atoms with Crippen LogP contribution in [0.1, 0.15) is 0 Å². The molecule has 2 N–H and O–H groups in total. The van der Waals surface area contributed by atoms with Crippen molar-refractivity contribution in [1.82, 2.24) is 4.98 Å². The van der Waals surface area contributed by atoms with E-state index in [4.69, 9.17) is 5.73 Å². The number of nitrogen functional groups attached to an aromatic ring is 1. The standard InChI is InChI=1S/C11H9N3O2/c12-11-5-4-9(7-13-11)8-2-1-3-10(6-8)14(15)16/h1-7H,(H2,12,13). The summed E-state index contributed by atoms with van der Waals surface area (Å²) in [5.41, 5.74) is 7.08. The van der Waals surface area contributed by atoms with Crippen LogP contribution in [0.4, 0.5) is 11.5 Å². The van der Waals surface area contributed by atoms with Gasteiger partial charge in [-0.05, 0) is 17.7 Å². The number of anilines is 1. The molecule has 0 saturated carbocycles. The van der Waals surface area contributed by atoms with E-state index in [-0.39, 0.29) is 5.69 Å². The van der Waals surface area contributed by atoms with Crippen LogP contribution in [0.2, 0.25) is 0 Å². The quantitative estimate of drug-likeness (QED) is 0.615. The number of benzene rings is 1. The lowest BCUT2D eigenvalue weighted by molar-refractivity contribution is -0.384. The van der Waals surface area contributed by atoms with Crippen molar-refractivity contribution < 1.29 is 4.92 Å². The monoisotopic (exact) mass is 215 g/mol. The molecule has 0 spiro atoms. The van der Waals surface area contributed by atoms with E-state index < -0.39 is 4.92 Å². The van der Waals surface area contributed by atoms with Gasteiger partial charge in [0.15, 0.2) is 0 Å². The topological polar surface area (TPSA) is 82.0 Å². The molecule has 0 radical (unpaired) electrons. The second-order valence-electron chi connectivity index (χ2n) is 3.28. The minimum atomic E-state index is -0.422. The number of nitrogens with zero attached hydrogens (tertiary/aromatic N) is 2. The van der Waals surface area contributed by atoms with Crippen molar-refractivity contribution in [3.8, 4) is 11.1 Å². The molecule has 0 unspecified atom stereocenters. The minimum Gasteiger partial charge on any atom is -0.384 e. The number of hydrogen-bond donors (Lipinski definition) is 1. The number of nitro groups is 1. The normalized spacial score (nSPS) is 10.0. The number of nitro benzene ring substituents is 1. The fraction of sp³-hybridized carbons (Fsp3) is 0. The van der Waals surface area contributed by atoms with Crippen LogP contribution in [0.15, 0.2) is 42.6 Å². The Morgan fingerprint density at radius 2 is 2.00 bits per heavy atom. The van der Waals surface area contributed by atoms with Crippen LogP contribution in [0.5, 0.6) is 0 Å². The van der Waals surface area contributed by atoms with E-state index in [9.17, 15) is 10.1 Å². The molecule has 2 rings (SSSR count). The van der Waals surface area contributed by atoms with E-state index in [1.165, 1.54) is 12.1 Å². The van der Waals surface area contributed by atoms with Crippen molar-refractivity contribution >= 4 is 11.5 Å². The number of nitrogens with two attached hydrogens (primary N) is 1. The van der Waals surface area contributed by atoms with Gasteiger partial charge in [0.2, 0.25) is 0 Å². The second kappa shape index (κ2) is 3.98. The van der Waals surface area contributed by atoms with Crippen LogP contribution in [0.25, 0.3) is 11.1 Å². The Kier molecular flexibility index (Phi) is 2.51. The Morgan fingerprint density at radius 1 is 1.19 bits per heavy atom. The summed E-state index contributed by atoms with van der Waals surface area (Å²) in [6, 6.07) is 9.83. The van der Waals surface area contributed by atoms with Crippen molar-refractivity contribution in [2.24, 2.45) is 0 Å². The highest BCUT2D eigenvalue weighted by atomic mass is 16.6. The minimum absolute atomic E-state index is 0.0642.